The third kappa shape index (κ3) is 4.19. The highest BCUT2D eigenvalue weighted by Gasteiger charge is 2.08. The minimum absolute atomic E-state index is 0. The zero-order valence-electron chi connectivity index (χ0n) is 13.5. The molecule has 0 aliphatic rings. The molecule has 5 nitrogen and oxygen atoms in total. The van der Waals surface area contributed by atoms with Crippen molar-refractivity contribution in [1.82, 2.24) is 4.98 Å². The van der Waals surface area contributed by atoms with Crippen molar-refractivity contribution in [3.8, 4) is 5.75 Å². The van der Waals surface area contributed by atoms with Gasteiger partial charge in [0.05, 0.1) is 7.11 Å². The van der Waals surface area contributed by atoms with Crippen LogP contribution in [-0.2, 0) is 6.42 Å². The van der Waals surface area contributed by atoms with Gasteiger partial charge in [0, 0.05) is 29.3 Å². The van der Waals surface area contributed by atoms with E-state index in [9.17, 15) is 0 Å². The summed E-state index contributed by atoms with van der Waals surface area (Å²) in [6.45, 7) is 0.608. The fourth-order valence-electron chi connectivity index (χ4n) is 2.59. The lowest BCUT2D eigenvalue weighted by molar-refractivity contribution is 0.419. The Bertz CT molecular complexity index is 814. The molecule has 0 spiro atoms. The van der Waals surface area contributed by atoms with Crippen LogP contribution in [0.5, 0.6) is 5.75 Å². The third-order valence-electron chi connectivity index (χ3n) is 3.68. The summed E-state index contributed by atoms with van der Waals surface area (Å²) in [4.78, 5) is 7.65. The van der Waals surface area contributed by atoms with E-state index in [1.807, 2.05) is 54.7 Å². The lowest BCUT2D eigenvalue weighted by Crippen LogP contribution is -2.22. The predicted molar refractivity (Wildman–Crippen MR) is 111 cm³/mol. The number of aliphatic imine (C=N–C) groups is 1. The number of benzene rings is 2. The average Bonchev–Trinajstić information content (AvgIpc) is 2.99. The van der Waals surface area contributed by atoms with Crippen molar-refractivity contribution in [2.75, 3.05) is 19.0 Å². The number of halogens is 1. The highest BCUT2D eigenvalue weighted by molar-refractivity contribution is 14.0. The van der Waals surface area contributed by atoms with E-state index in [0.29, 0.717) is 12.5 Å². The van der Waals surface area contributed by atoms with Crippen molar-refractivity contribution in [2.24, 2.45) is 10.7 Å². The molecule has 0 saturated heterocycles. The fraction of sp³-hybridized carbons (Fsp3) is 0.167. The quantitative estimate of drug-likeness (QED) is 0.324. The van der Waals surface area contributed by atoms with Gasteiger partial charge in [-0.05, 0) is 36.2 Å². The summed E-state index contributed by atoms with van der Waals surface area (Å²) >= 11 is 0. The van der Waals surface area contributed by atoms with Gasteiger partial charge in [-0.25, -0.2) is 0 Å². The Morgan fingerprint density at radius 3 is 2.71 bits per heavy atom. The van der Waals surface area contributed by atoms with Crippen LogP contribution in [0, 0.1) is 0 Å². The van der Waals surface area contributed by atoms with Crippen LogP contribution in [-0.4, -0.2) is 24.6 Å². The van der Waals surface area contributed by atoms with Gasteiger partial charge >= 0.3 is 0 Å². The van der Waals surface area contributed by atoms with Crippen molar-refractivity contribution < 1.29 is 4.74 Å². The first-order valence-electron chi connectivity index (χ1n) is 7.53. The lowest BCUT2D eigenvalue weighted by Gasteiger charge is -2.06. The molecule has 126 valence electrons. The molecule has 0 atom stereocenters. The number of hydrogen-bond acceptors (Lipinski definition) is 2. The van der Waals surface area contributed by atoms with Crippen LogP contribution in [0.15, 0.2) is 59.7 Å². The van der Waals surface area contributed by atoms with Crippen LogP contribution in [0.25, 0.3) is 10.9 Å². The minimum Gasteiger partial charge on any atom is -0.496 e. The third-order valence-corrected chi connectivity index (χ3v) is 3.68. The molecule has 0 radical (unpaired) electrons. The number of ether oxygens (including phenoxy) is 1. The summed E-state index contributed by atoms with van der Waals surface area (Å²) in [6, 6.07) is 15.7. The zero-order chi connectivity index (χ0) is 16.1. The Kier molecular flexibility index (Phi) is 6.48. The van der Waals surface area contributed by atoms with Crippen molar-refractivity contribution >= 4 is 46.5 Å². The highest BCUT2D eigenvalue weighted by atomic mass is 127. The maximum atomic E-state index is 5.92. The van der Waals surface area contributed by atoms with Gasteiger partial charge in [-0.1, -0.05) is 24.3 Å². The molecule has 0 aliphatic carbocycles. The second-order valence-electron chi connectivity index (χ2n) is 5.20. The summed E-state index contributed by atoms with van der Waals surface area (Å²) in [7, 11) is 1.69. The normalized spacial score (nSPS) is 11.1. The van der Waals surface area contributed by atoms with E-state index >= 15 is 0 Å². The van der Waals surface area contributed by atoms with Gasteiger partial charge in [-0.2, -0.15) is 0 Å². The lowest BCUT2D eigenvalue weighted by atomic mass is 10.1. The smallest absolute Gasteiger partial charge is 0.193 e. The van der Waals surface area contributed by atoms with Gasteiger partial charge in [0.25, 0.3) is 0 Å². The van der Waals surface area contributed by atoms with Crippen LogP contribution in [0.4, 0.5) is 5.69 Å². The summed E-state index contributed by atoms with van der Waals surface area (Å²) in [5.41, 5.74) is 9.10. The second-order valence-corrected chi connectivity index (χ2v) is 5.20. The van der Waals surface area contributed by atoms with Gasteiger partial charge < -0.3 is 20.8 Å². The number of guanidine groups is 1. The largest absolute Gasteiger partial charge is 0.496 e. The molecule has 0 saturated carbocycles. The van der Waals surface area contributed by atoms with Gasteiger partial charge in [-0.15, -0.1) is 24.0 Å². The number of nitrogens with zero attached hydrogens (tertiary/aromatic N) is 1. The molecule has 4 N–H and O–H groups in total. The standard InChI is InChI=1S/C18H20N4O.HI/c1-23-16-9-5-8-15-17(16)13(12-21-15)10-11-20-18(19)22-14-6-3-2-4-7-14;/h2-9,12,21H,10-11H2,1H3,(H3,19,20,22);1H. The first kappa shape index (κ1) is 18.1. The Hall–Kier alpha value is -2.22. The number of nitrogens with two attached hydrogens (primary N) is 1. The van der Waals surface area contributed by atoms with E-state index in [0.717, 1.165) is 28.8 Å². The van der Waals surface area contributed by atoms with Crippen LogP contribution < -0.4 is 15.8 Å². The van der Waals surface area contributed by atoms with Gasteiger partial charge in [0.15, 0.2) is 5.96 Å². The summed E-state index contributed by atoms with van der Waals surface area (Å²) in [5, 5.41) is 4.19. The summed E-state index contributed by atoms with van der Waals surface area (Å²) in [5.74, 6) is 1.29. The highest BCUT2D eigenvalue weighted by Crippen LogP contribution is 2.28. The summed E-state index contributed by atoms with van der Waals surface area (Å²) < 4.78 is 5.44. The Morgan fingerprint density at radius 2 is 1.96 bits per heavy atom. The van der Waals surface area contributed by atoms with E-state index in [-0.39, 0.29) is 24.0 Å². The van der Waals surface area contributed by atoms with E-state index in [2.05, 4.69) is 15.3 Å². The molecule has 2 aromatic carbocycles. The minimum atomic E-state index is 0. The molecule has 3 aromatic rings. The molecule has 0 amide bonds. The zero-order valence-corrected chi connectivity index (χ0v) is 15.8. The van der Waals surface area contributed by atoms with Crippen molar-refractivity contribution in [3.63, 3.8) is 0 Å². The molecule has 6 heteroatoms. The maximum Gasteiger partial charge on any atom is 0.193 e. The number of rotatable bonds is 5. The summed E-state index contributed by atoms with van der Waals surface area (Å²) in [6.07, 6.45) is 2.79. The van der Waals surface area contributed by atoms with E-state index in [1.54, 1.807) is 7.11 Å². The molecule has 0 aliphatic heterocycles. The van der Waals surface area contributed by atoms with Crippen molar-refractivity contribution in [3.05, 3.63) is 60.3 Å². The second kappa shape index (κ2) is 8.58. The Balaban J connectivity index is 0.00000208. The van der Waals surface area contributed by atoms with Gasteiger partial charge in [0.1, 0.15) is 5.75 Å². The van der Waals surface area contributed by atoms with Crippen LogP contribution in [0.3, 0.4) is 0 Å². The van der Waals surface area contributed by atoms with Gasteiger partial charge in [0.2, 0.25) is 0 Å². The monoisotopic (exact) mass is 436 g/mol. The molecule has 0 bridgehead atoms. The van der Waals surface area contributed by atoms with E-state index < -0.39 is 0 Å². The number of aromatic amines is 1. The number of nitrogens with one attached hydrogen (secondary N) is 2. The molecular formula is C18H21IN4O. The number of aromatic nitrogens is 1. The van der Waals surface area contributed by atoms with Crippen molar-refractivity contribution in [1.29, 1.82) is 0 Å². The topological polar surface area (TPSA) is 75.4 Å². The van der Waals surface area contributed by atoms with E-state index in [1.165, 1.54) is 5.56 Å². The maximum absolute atomic E-state index is 5.92. The number of anilines is 1. The van der Waals surface area contributed by atoms with Crippen LogP contribution in [0.2, 0.25) is 0 Å². The average molecular weight is 436 g/mol. The molecule has 0 fully saturated rings. The number of methoxy groups -OCH3 is 1. The Labute approximate surface area is 158 Å². The molecular weight excluding hydrogens is 415 g/mol. The van der Waals surface area contributed by atoms with Crippen LogP contribution >= 0.6 is 24.0 Å². The van der Waals surface area contributed by atoms with Crippen LogP contribution in [0.1, 0.15) is 5.56 Å². The predicted octanol–water partition coefficient (Wildman–Crippen LogP) is 3.76. The SMILES string of the molecule is COc1cccc2[nH]cc(CCN=C(N)Nc3ccccc3)c12.I. The Morgan fingerprint density at radius 1 is 1.17 bits per heavy atom. The molecule has 24 heavy (non-hydrogen) atoms. The fourth-order valence-corrected chi connectivity index (χ4v) is 2.59. The first-order valence-corrected chi connectivity index (χ1v) is 7.53. The number of H-pyrrole nitrogens is 1. The number of hydrogen-bond donors (Lipinski definition) is 3. The van der Waals surface area contributed by atoms with Crippen molar-refractivity contribution in [2.45, 2.75) is 6.42 Å². The number of fused-ring (bicyclic) bond motifs is 1. The molecule has 0 unspecified atom stereocenters. The van der Waals surface area contributed by atoms with Gasteiger partial charge in [-0.3, -0.25) is 4.99 Å². The molecule has 1 heterocycles. The first-order chi connectivity index (χ1) is 11.3. The molecule has 1 aromatic heterocycles. The number of para-hydroxylation sites is 1. The molecule has 3 rings (SSSR count). The van der Waals surface area contributed by atoms with E-state index in [4.69, 9.17) is 10.5 Å².